The van der Waals surface area contributed by atoms with Gasteiger partial charge in [-0.05, 0) is 51.4 Å². The van der Waals surface area contributed by atoms with Crippen molar-refractivity contribution in [1.29, 1.82) is 0 Å². The molecule has 0 unspecified atom stereocenters. The third-order valence-corrected chi connectivity index (χ3v) is 5.44. The molecule has 3 amide bonds. The number of hydrogen-bond donors (Lipinski definition) is 4. The van der Waals surface area contributed by atoms with Gasteiger partial charge in [0.15, 0.2) is 0 Å². The molecule has 0 aromatic rings. The molecular weight excluding hydrogens is 316 g/mol. The lowest BCUT2D eigenvalue weighted by Crippen LogP contribution is -2.43. The van der Waals surface area contributed by atoms with Crippen LogP contribution in [0.4, 0.5) is 4.79 Å². The summed E-state index contributed by atoms with van der Waals surface area (Å²) in [5.74, 6) is 0.156. The molecule has 2 saturated carbocycles. The fraction of sp³-hybridized carbons (Fsp3) is 0.895. The molecule has 0 spiro atoms. The Morgan fingerprint density at radius 1 is 0.800 bits per heavy atom. The molecule has 0 atom stereocenters. The van der Waals surface area contributed by atoms with Crippen molar-refractivity contribution in [3.05, 3.63) is 0 Å². The van der Waals surface area contributed by atoms with Crippen LogP contribution < -0.4 is 21.7 Å². The van der Waals surface area contributed by atoms with Crippen molar-refractivity contribution in [2.24, 2.45) is 5.73 Å². The molecule has 0 bridgehead atoms. The Bertz CT molecular complexity index is 402. The number of carbonyl (C=O) groups is 2. The SMILES string of the molecule is NC1CCC(NC(=O)CCCCCNC(=O)NC2CCCCC2)CC1. The van der Waals surface area contributed by atoms with E-state index in [1.54, 1.807) is 0 Å². The zero-order valence-corrected chi connectivity index (χ0v) is 15.5. The van der Waals surface area contributed by atoms with E-state index in [-0.39, 0.29) is 11.9 Å². The first kappa shape index (κ1) is 20.0. The normalized spacial score (nSPS) is 24.5. The fourth-order valence-electron chi connectivity index (χ4n) is 3.84. The zero-order chi connectivity index (χ0) is 17.9. The Hall–Kier alpha value is -1.30. The Morgan fingerprint density at radius 2 is 1.48 bits per heavy atom. The lowest BCUT2D eigenvalue weighted by Gasteiger charge is -2.26. The first-order valence-corrected chi connectivity index (χ1v) is 10.2. The molecule has 144 valence electrons. The van der Waals surface area contributed by atoms with Crippen LogP contribution >= 0.6 is 0 Å². The Morgan fingerprint density at radius 3 is 2.20 bits per heavy atom. The Balaban J connectivity index is 1.42. The van der Waals surface area contributed by atoms with Crippen LogP contribution in [0.2, 0.25) is 0 Å². The second kappa shape index (κ2) is 11.3. The van der Waals surface area contributed by atoms with Crippen LogP contribution in [0.1, 0.15) is 83.5 Å². The van der Waals surface area contributed by atoms with Crippen LogP contribution in [0.5, 0.6) is 0 Å². The zero-order valence-electron chi connectivity index (χ0n) is 15.5. The minimum absolute atomic E-state index is 0.0415. The van der Waals surface area contributed by atoms with Gasteiger partial charge in [0, 0.05) is 31.1 Å². The van der Waals surface area contributed by atoms with Crippen LogP contribution in [-0.2, 0) is 4.79 Å². The quantitative estimate of drug-likeness (QED) is 0.506. The predicted molar refractivity (Wildman–Crippen MR) is 100 cm³/mol. The highest BCUT2D eigenvalue weighted by Crippen LogP contribution is 2.18. The van der Waals surface area contributed by atoms with Gasteiger partial charge in [-0.2, -0.15) is 0 Å². The summed E-state index contributed by atoms with van der Waals surface area (Å²) in [5.41, 5.74) is 5.88. The van der Waals surface area contributed by atoms with Crippen LogP contribution in [0.25, 0.3) is 0 Å². The minimum Gasteiger partial charge on any atom is -0.353 e. The van der Waals surface area contributed by atoms with E-state index in [0.717, 1.165) is 57.8 Å². The molecule has 2 aliphatic rings. The van der Waals surface area contributed by atoms with Gasteiger partial charge in [-0.15, -0.1) is 0 Å². The number of nitrogens with two attached hydrogens (primary N) is 1. The smallest absolute Gasteiger partial charge is 0.315 e. The number of hydrogen-bond acceptors (Lipinski definition) is 3. The average molecular weight is 353 g/mol. The van der Waals surface area contributed by atoms with Crippen molar-refractivity contribution in [1.82, 2.24) is 16.0 Å². The summed E-state index contributed by atoms with van der Waals surface area (Å²) in [5, 5.41) is 9.10. The highest BCUT2D eigenvalue weighted by Gasteiger charge is 2.19. The topological polar surface area (TPSA) is 96.2 Å². The van der Waals surface area contributed by atoms with E-state index >= 15 is 0 Å². The lowest BCUT2D eigenvalue weighted by atomic mass is 9.92. The number of nitrogens with one attached hydrogen (secondary N) is 3. The summed E-state index contributed by atoms with van der Waals surface area (Å²) in [4.78, 5) is 23.7. The van der Waals surface area contributed by atoms with Gasteiger partial charge < -0.3 is 21.7 Å². The van der Waals surface area contributed by atoms with Crippen LogP contribution in [0.15, 0.2) is 0 Å². The maximum atomic E-state index is 11.9. The van der Waals surface area contributed by atoms with Gasteiger partial charge in [0.05, 0.1) is 0 Å². The molecule has 0 aromatic heterocycles. The molecule has 0 aliphatic heterocycles. The molecule has 6 heteroatoms. The van der Waals surface area contributed by atoms with Gasteiger partial charge >= 0.3 is 6.03 Å². The number of rotatable bonds is 8. The molecule has 0 saturated heterocycles. The van der Waals surface area contributed by atoms with E-state index in [1.807, 2.05) is 0 Å². The second-order valence-corrected chi connectivity index (χ2v) is 7.73. The molecule has 2 aliphatic carbocycles. The van der Waals surface area contributed by atoms with Crippen molar-refractivity contribution in [3.63, 3.8) is 0 Å². The molecular formula is C19H36N4O2. The van der Waals surface area contributed by atoms with Crippen molar-refractivity contribution in [3.8, 4) is 0 Å². The summed E-state index contributed by atoms with van der Waals surface area (Å²) in [6.07, 6.45) is 13.3. The predicted octanol–water partition coefficient (Wildman–Crippen LogP) is 2.56. The van der Waals surface area contributed by atoms with Gasteiger partial charge in [0.1, 0.15) is 0 Å². The third-order valence-electron chi connectivity index (χ3n) is 5.44. The van der Waals surface area contributed by atoms with Gasteiger partial charge in [-0.3, -0.25) is 4.79 Å². The molecule has 0 radical (unpaired) electrons. The summed E-state index contributed by atoms with van der Waals surface area (Å²) in [6, 6.07) is 0.945. The maximum absolute atomic E-state index is 11.9. The Labute approximate surface area is 152 Å². The Kier molecular flexibility index (Phi) is 9.08. The third kappa shape index (κ3) is 8.56. The molecule has 5 N–H and O–H groups in total. The lowest BCUT2D eigenvalue weighted by molar-refractivity contribution is -0.122. The fourth-order valence-corrected chi connectivity index (χ4v) is 3.84. The highest BCUT2D eigenvalue weighted by atomic mass is 16.2. The van der Waals surface area contributed by atoms with Gasteiger partial charge in [0.2, 0.25) is 5.91 Å². The van der Waals surface area contributed by atoms with Gasteiger partial charge in [0.25, 0.3) is 0 Å². The summed E-state index contributed by atoms with van der Waals surface area (Å²) in [7, 11) is 0. The standard InChI is InChI=1S/C19H36N4O2/c20-15-10-12-17(13-11-15)22-18(24)9-5-2-6-14-21-19(25)23-16-7-3-1-4-8-16/h15-17H,1-14,20H2,(H,22,24)(H2,21,23,25). The van der Waals surface area contributed by atoms with E-state index in [4.69, 9.17) is 5.73 Å². The van der Waals surface area contributed by atoms with Crippen molar-refractivity contribution in [2.45, 2.75) is 102 Å². The molecule has 6 nitrogen and oxygen atoms in total. The monoisotopic (exact) mass is 352 g/mol. The summed E-state index contributed by atoms with van der Waals surface area (Å²) in [6.45, 7) is 0.681. The summed E-state index contributed by atoms with van der Waals surface area (Å²) >= 11 is 0. The van der Waals surface area contributed by atoms with E-state index in [1.165, 1.54) is 19.3 Å². The molecule has 25 heavy (non-hydrogen) atoms. The van der Waals surface area contributed by atoms with E-state index < -0.39 is 0 Å². The van der Waals surface area contributed by atoms with E-state index in [9.17, 15) is 9.59 Å². The number of amides is 3. The van der Waals surface area contributed by atoms with Crippen molar-refractivity contribution < 1.29 is 9.59 Å². The molecule has 2 fully saturated rings. The van der Waals surface area contributed by atoms with Crippen LogP contribution in [-0.4, -0.2) is 36.6 Å². The largest absolute Gasteiger partial charge is 0.353 e. The van der Waals surface area contributed by atoms with E-state index in [0.29, 0.717) is 31.1 Å². The van der Waals surface area contributed by atoms with Crippen molar-refractivity contribution >= 4 is 11.9 Å². The maximum Gasteiger partial charge on any atom is 0.315 e. The summed E-state index contributed by atoms with van der Waals surface area (Å²) < 4.78 is 0. The first-order valence-electron chi connectivity index (χ1n) is 10.2. The average Bonchev–Trinajstić information content (AvgIpc) is 2.61. The number of urea groups is 1. The van der Waals surface area contributed by atoms with Crippen LogP contribution in [0, 0.1) is 0 Å². The van der Waals surface area contributed by atoms with Gasteiger partial charge in [-0.1, -0.05) is 25.7 Å². The highest BCUT2D eigenvalue weighted by molar-refractivity contribution is 5.76. The molecule has 0 heterocycles. The molecule has 2 rings (SSSR count). The number of unbranched alkanes of at least 4 members (excludes halogenated alkanes) is 2. The van der Waals surface area contributed by atoms with Crippen molar-refractivity contribution in [2.75, 3.05) is 6.54 Å². The minimum atomic E-state index is -0.0415. The first-order chi connectivity index (χ1) is 12.1. The van der Waals surface area contributed by atoms with Gasteiger partial charge in [-0.25, -0.2) is 4.79 Å². The van der Waals surface area contributed by atoms with E-state index in [2.05, 4.69) is 16.0 Å². The second-order valence-electron chi connectivity index (χ2n) is 7.73. The number of carbonyl (C=O) groups excluding carboxylic acids is 2. The van der Waals surface area contributed by atoms with Crippen LogP contribution in [0.3, 0.4) is 0 Å². The molecule has 0 aromatic carbocycles.